The van der Waals surface area contributed by atoms with Crippen molar-refractivity contribution in [2.45, 2.75) is 0 Å². The summed E-state index contributed by atoms with van der Waals surface area (Å²) in [6.07, 6.45) is 1.31. The molecule has 2 aromatic carbocycles. The van der Waals surface area contributed by atoms with Gasteiger partial charge in [-0.3, -0.25) is 9.59 Å². The smallest absolute Gasteiger partial charge is 0.265 e. The Morgan fingerprint density at radius 2 is 1.43 bits per heavy atom. The van der Waals surface area contributed by atoms with Crippen LogP contribution in [0.1, 0.15) is 26.3 Å². The van der Waals surface area contributed by atoms with E-state index in [0.717, 1.165) is 4.90 Å². The first kappa shape index (κ1) is 12.8. The molecule has 21 heavy (non-hydrogen) atoms. The summed E-state index contributed by atoms with van der Waals surface area (Å²) < 4.78 is 0. The molecule has 4 heteroatoms. The van der Waals surface area contributed by atoms with E-state index < -0.39 is 11.8 Å². The van der Waals surface area contributed by atoms with Crippen LogP contribution in [0.2, 0.25) is 0 Å². The number of benzene rings is 2. The zero-order chi connectivity index (χ0) is 14.8. The molecule has 0 aromatic heterocycles. The molecular weight excluding hydrogens is 264 g/mol. The molecule has 0 N–H and O–H groups in total. The maximum absolute atomic E-state index is 12.2. The molecule has 0 atom stereocenters. The standard InChI is InChI=1S/C17H10N2O2/c18-10-13(12-6-2-1-3-7-12)11-19-16(20)14-8-4-5-9-15(14)17(19)21/h1-9,11H/b13-11+. The van der Waals surface area contributed by atoms with Crippen LogP contribution < -0.4 is 0 Å². The summed E-state index contributed by atoms with van der Waals surface area (Å²) in [7, 11) is 0. The Labute approximate surface area is 121 Å². The Kier molecular flexibility index (Phi) is 3.09. The summed E-state index contributed by atoms with van der Waals surface area (Å²) in [4.78, 5) is 25.5. The summed E-state index contributed by atoms with van der Waals surface area (Å²) >= 11 is 0. The molecular formula is C17H10N2O2. The van der Waals surface area contributed by atoms with Crippen LogP contribution in [-0.2, 0) is 0 Å². The second kappa shape index (κ2) is 5.06. The van der Waals surface area contributed by atoms with E-state index in [1.54, 1.807) is 48.5 Å². The summed E-state index contributed by atoms with van der Waals surface area (Å²) in [5.74, 6) is -0.807. The van der Waals surface area contributed by atoms with Gasteiger partial charge in [-0.2, -0.15) is 5.26 Å². The third-order valence-electron chi connectivity index (χ3n) is 3.29. The fraction of sp³-hybridized carbons (Fsp3) is 0. The van der Waals surface area contributed by atoms with Crippen molar-refractivity contribution in [2.75, 3.05) is 0 Å². The second-order valence-corrected chi connectivity index (χ2v) is 4.55. The van der Waals surface area contributed by atoms with Crippen molar-refractivity contribution in [1.82, 2.24) is 4.90 Å². The molecule has 0 saturated heterocycles. The van der Waals surface area contributed by atoms with E-state index in [4.69, 9.17) is 0 Å². The summed E-state index contributed by atoms with van der Waals surface area (Å²) in [6.45, 7) is 0. The van der Waals surface area contributed by atoms with Crippen LogP contribution in [0.25, 0.3) is 5.57 Å². The number of nitriles is 1. The Morgan fingerprint density at radius 3 is 1.95 bits per heavy atom. The average Bonchev–Trinajstić information content (AvgIpc) is 2.78. The van der Waals surface area contributed by atoms with Gasteiger partial charge in [-0.25, -0.2) is 4.90 Å². The van der Waals surface area contributed by atoms with Crippen LogP contribution in [0.5, 0.6) is 0 Å². The second-order valence-electron chi connectivity index (χ2n) is 4.55. The number of carbonyl (C=O) groups is 2. The van der Waals surface area contributed by atoms with E-state index in [1.165, 1.54) is 6.20 Å². The van der Waals surface area contributed by atoms with E-state index in [9.17, 15) is 14.9 Å². The summed E-state index contributed by atoms with van der Waals surface area (Å²) in [6, 6.07) is 17.6. The van der Waals surface area contributed by atoms with Gasteiger partial charge >= 0.3 is 0 Å². The lowest BCUT2D eigenvalue weighted by Gasteiger charge is -2.08. The molecule has 2 aromatic rings. The average molecular weight is 274 g/mol. The fourth-order valence-corrected chi connectivity index (χ4v) is 2.24. The number of hydrogen-bond donors (Lipinski definition) is 0. The van der Waals surface area contributed by atoms with Crippen molar-refractivity contribution in [3.63, 3.8) is 0 Å². The SMILES string of the molecule is N#C/C(=C\N1C(=O)c2ccccc2C1=O)c1ccccc1. The molecule has 0 radical (unpaired) electrons. The Hall–Kier alpha value is -3.19. The van der Waals surface area contributed by atoms with Gasteiger partial charge in [0.15, 0.2) is 0 Å². The Balaban J connectivity index is 2.03. The minimum atomic E-state index is -0.403. The topological polar surface area (TPSA) is 61.2 Å². The minimum Gasteiger partial charge on any atom is -0.268 e. The molecule has 0 bridgehead atoms. The highest BCUT2D eigenvalue weighted by Crippen LogP contribution is 2.25. The normalized spacial score (nSPS) is 14.0. The molecule has 0 fully saturated rings. The number of amides is 2. The van der Waals surface area contributed by atoms with E-state index in [2.05, 4.69) is 0 Å². The molecule has 2 amide bonds. The van der Waals surface area contributed by atoms with Gasteiger partial charge in [0.05, 0.1) is 16.7 Å². The first-order chi connectivity index (χ1) is 10.2. The lowest BCUT2D eigenvalue weighted by Crippen LogP contribution is -2.24. The molecule has 1 heterocycles. The first-order valence-corrected chi connectivity index (χ1v) is 6.36. The number of allylic oxidation sites excluding steroid dienone is 1. The highest BCUT2D eigenvalue weighted by atomic mass is 16.2. The van der Waals surface area contributed by atoms with Gasteiger partial charge in [-0.1, -0.05) is 42.5 Å². The molecule has 0 saturated carbocycles. The van der Waals surface area contributed by atoms with Crippen molar-refractivity contribution >= 4 is 17.4 Å². The largest absolute Gasteiger partial charge is 0.268 e. The van der Waals surface area contributed by atoms with E-state index >= 15 is 0 Å². The number of imide groups is 1. The maximum Gasteiger partial charge on any atom is 0.265 e. The van der Waals surface area contributed by atoms with Crippen molar-refractivity contribution in [2.24, 2.45) is 0 Å². The highest BCUT2D eigenvalue weighted by molar-refractivity contribution is 6.22. The molecule has 0 unspecified atom stereocenters. The van der Waals surface area contributed by atoms with Gasteiger partial charge in [0, 0.05) is 6.20 Å². The first-order valence-electron chi connectivity index (χ1n) is 6.36. The van der Waals surface area contributed by atoms with Gasteiger partial charge in [0.1, 0.15) is 6.07 Å². The third-order valence-corrected chi connectivity index (χ3v) is 3.29. The number of hydrogen-bond acceptors (Lipinski definition) is 3. The minimum absolute atomic E-state index is 0.269. The van der Waals surface area contributed by atoms with Crippen LogP contribution in [0.4, 0.5) is 0 Å². The molecule has 1 aliphatic heterocycles. The molecule has 0 aliphatic carbocycles. The van der Waals surface area contributed by atoms with Crippen molar-refractivity contribution < 1.29 is 9.59 Å². The van der Waals surface area contributed by atoms with Crippen LogP contribution >= 0.6 is 0 Å². The lowest BCUT2D eigenvalue weighted by molar-refractivity contribution is 0.0722. The summed E-state index contributed by atoms with van der Waals surface area (Å²) in [5, 5.41) is 9.26. The van der Waals surface area contributed by atoms with Gasteiger partial charge in [0.25, 0.3) is 11.8 Å². The van der Waals surface area contributed by atoms with Crippen LogP contribution in [0.3, 0.4) is 0 Å². The molecule has 3 rings (SSSR count). The van der Waals surface area contributed by atoms with Crippen LogP contribution in [0, 0.1) is 11.3 Å². The molecule has 100 valence electrons. The third kappa shape index (κ3) is 2.11. The fourth-order valence-electron chi connectivity index (χ4n) is 2.24. The number of nitrogens with zero attached hydrogens (tertiary/aromatic N) is 2. The summed E-state index contributed by atoms with van der Waals surface area (Å²) in [5.41, 5.74) is 1.66. The van der Waals surface area contributed by atoms with Gasteiger partial charge in [-0.05, 0) is 17.7 Å². The van der Waals surface area contributed by atoms with Gasteiger partial charge < -0.3 is 0 Å². The van der Waals surface area contributed by atoms with Gasteiger partial charge in [0.2, 0.25) is 0 Å². The van der Waals surface area contributed by atoms with Crippen LogP contribution in [-0.4, -0.2) is 16.7 Å². The lowest BCUT2D eigenvalue weighted by atomic mass is 10.1. The van der Waals surface area contributed by atoms with Crippen molar-refractivity contribution in [3.05, 3.63) is 77.5 Å². The number of carbonyl (C=O) groups excluding carboxylic acids is 2. The monoisotopic (exact) mass is 274 g/mol. The molecule has 4 nitrogen and oxygen atoms in total. The molecule has 0 spiro atoms. The van der Waals surface area contributed by atoms with E-state index in [0.29, 0.717) is 16.7 Å². The highest BCUT2D eigenvalue weighted by Gasteiger charge is 2.34. The van der Waals surface area contributed by atoms with Crippen molar-refractivity contribution in [3.8, 4) is 6.07 Å². The Morgan fingerprint density at radius 1 is 0.905 bits per heavy atom. The zero-order valence-electron chi connectivity index (χ0n) is 11.0. The van der Waals surface area contributed by atoms with E-state index in [1.807, 2.05) is 12.1 Å². The van der Waals surface area contributed by atoms with E-state index in [-0.39, 0.29) is 5.57 Å². The quantitative estimate of drug-likeness (QED) is 0.625. The number of fused-ring (bicyclic) bond motifs is 1. The predicted molar refractivity (Wildman–Crippen MR) is 77.0 cm³/mol. The van der Waals surface area contributed by atoms with Crippen molar-refractivity contribution in [1.29, 1.82) is 5.26 Å². The molecule has 1 aliphatic rings. The van der Waals surface area contributed by atoms with Crippen LogP contribution in [0.15, 0.2) is 60.8 Å². The maximum atomic E-state index is 12.2. The zero-order valence-corrected chi connectivity index (χ0v) is 11.0. The predicted octanol–water partition coefficient (Wildman–Crippen LogP) is 2.85. The number of rotatable bonds is 2. The Bertz CT molecular complexity index is 766. The van der Waals surface area contributed by atoms with Gasteiger partial charge in [-0.15, -0.1) is 0 Å².